The van der Waals surface area contributed by atoms with Crippen molar-refractivity contribution in [2.45, 2.75) is 25.7 Å². The van der Waals surface area contributed by atoms with E-state index < -0.39 is 0 Å². The van der Waals surface area contributed by atoms with Gasteiger partial charge in [0.2, 0.25) is 0 Å². The number of hydrogen-bond donors (Lipinski definition) is 0. The number of fused-ring (bicyclic) bond motifs is 3. The zero-order chi connectivity index (χ0) is 33.0. The van der Waals surface area contributed by atoms with Crippen molar-refractivity contribution in [1.29, 1.82) is 0 Å². The summed E-state index contributed by atoms with van der Waals surface area (Å²) >= 11 is 0. The summed E-state index contributed by atoms with van der Waals surface area (Å²) in [5.41, 5.74) is 14.0. The lowest BCUT2D eigenvalue weighted by Crippen LogP contribution is -2.24. The van der Waals surface area contributed by atoms with Crippen LogP contribution in [-0.4, -0.2) is 20.7 Å². The first-order chi connectivity index (χ1) is 24.0. The molecule has 234 valence electrons. The van der Waals surface area contributed by atoms with Crippen LogP contribution in [0.5, 0.6) is 0 Å². The van der Waals surface area contributed by atoms with E-state index in [-0.39, 0.29) is 11.3 Å². The fraction of sp³-hybridized carbons (Fsp3) is 0.111. The SMILES string of the molecule is CC1(C)C2=C(C=C3N=C(c4ccccc4)C=C(c4cccc(-c5nc(-c6ccccc6)nc(-c6ccccc6)n5)c4)C3C2)c2ccccc21. The van der Waals surface area contributed by atoms with E-state index in [9.17, 15) is 0 Å². The summed E-state index contributed by atoms with van der Waals surface area (Å²) in [4.78, 5) is 20.3. The summed E-state index contributed by atoms with van der Waals surface area (Å²) in [6.07, 6.45) is 5.59. The van der Waals surface area contributed by atoms with Crippen LogP contribution in [0.2, 0.25) is 0 Å². The molecule has 1 unspecified atom stereocenters. The van der Waals surface area contributed by atoms with Crippen molar-refractivity contribution >= 4 is 16.9 Å². The Morgan fingerprint density at radius 3 is 1.71 bits per heavy atom. The third-order valence-electron chi connectivity index (χ3n) is 10.2. The summed E-state index contributed by atoms with van der Waals surface area (Å²) in [6, 6.07) is 48.3. The molecule has 0 saturated heterocycles. The second-order valence-electron chi connectivity index (χ2n) is 13.5. The third kappa shape index (κ3) is 5.08. The van der Waals surface area contributed by atoms with E-state index in [0.717, 1.165) is 45.6 Å². The minimum atomic E-state index is -0.0447. The van der Waals surface area contributed by atoms with Crippen molar-refractivity contribution in [1.82, 2.24) is 15.0 Å². The highest BCUT2D eigenvalue weighted by atomic mass is 15.0. The van der Waals surface area contributed by atoms with Gasteiger partial charge in [-0.05, 0) is 52.5 Å². The summed E-state index contributed by atoms with van der Waals surface area (Å²) in [5, 5.41) is 0. The van der Waals surface area contributed by atoms with E-state index in [0.29, 0.717) is 17.5 Å². The van der Waals surface area contributed by atoms with Crippen molar-refractivity contribution in [3.8, 4) is 34.2 Å². The number of aromatic nitrogens is 3. The third-order valence-corrected chi connectivity index (χ3v) is 10.2. The Bertz CT molecular complexity index is 2310. The molecule has 2 aliphatic carbocycles. The normalized spacial score (nSPS) is 17.3. The van der Waals surface area contributed by atoms with Crippen LogP contribution >= 0.6 is 0 Å². The fourth-order valence-corrected chi connectivity index (χ4v) is 7.63. The maximum atomic E-state index is 5.34. The number of aliphatic imine (C=N–C) groups is 1. The minimum Gasteiger partial charge on any atom is -0.252 e. The lowest BCUT2D eigenvalue weighted by molar-refractivity contribution is 0.576. The molecule has 0 amide bonds. The molecule has 2 heterocycles. The second kappa shape index (κ2) is 11.6. The van der Waals surface area contributed by atoms with Gasteiger partial charge in [-0.1, -0.05) is 153 Å². The summed E-state index contributed by atoms with van der Waals surface area (Å²) in [6.45, 7) is 4.74. The summed E-state index contributed by atoms with van der Waals surface area (Å²) < 4.78 is 0. The van der Waals surface area contributed by atoms with E-state index in [1.54, 1.807) is 0 Å². The first kappa shape index (κ1) is 29.2. The lowest BCUT2D eigenvalue weighted by Gasteiger charge is -2.34. The minimum absolute atomic E-state index is 0.0447. The van der Waals surface area contributed by atoms with Gasteiger partial charge in [0.15, 0.2) is 17.5 Å². The van der Waals surface area contributed by atoms with E-state index in [1.807, 2.05) is 60.7 Å². The number of nitrogens with zero attached hydrogens (tertiary/aromatic N) is 4. The summed E-state index contributed by atoms with van der Waals surface area (Å²) in [5.74, 6) is 2.10. The van der Waals surface area contributed by atoms with Crippen LogP contribution in [0.3, 0.4) is 0 Å². The van der Waals surface area contributed by atoms with Gasteiger partial charge < -0.3 is 0 Å². The average molecular weight is 631 g/mol. The standard InChI is InChI=1S/C45H34N4/c1-45(2)38-24-13-12-23-34(38)36-28-41-37(26-39(36)45)35(27-40(46-41)29-15-6-3-7-16-29)32-21-14-22-33(25-32)44-48-42(30-17-8-4-9-18-30)47-43(49-44)31-19-10-5-11-20-31/h3-25,27-28,37H,26H2,1-2H3. The van der Waals surface area contributed by atoms with E-state index in [1.165, 1.54) is 27.8 Å². The van der Waals surface area contributed by atoms with E-state index in [2.05, 4.69) is 105 Å². The lowest BCUT2D eigenvalue weighted by atomic mass is 9.72. The number of allylic oxidation sites excluding steroid dienone is 5. The molecule has 0 saturated carbocycles. The first-order valence-corrected chi connectivity index (χ1v) is 16.9. The van der Waals surface area contributed by atoms with Gasteiger partial charge in [0.25, 0.3) is 0 Å². The fourth-order valence-electron chi connectivity index (χ4n) is 7.63. The van der Waals surface area contributed by atoms with Crippen molar-refractivity contribution in [3.05, 3.63) is 185 Å². The Labute approximate surface area is 287 Å². The van der Waals surface area contributed by atoms with Gasteiger partial charge >= 0.3 is 0 Å². The molecular formula is C45H34N4. The Morgan fingerprint density at radius 1 is 0.531 bits per heavy atom. The molecule has 1 atom stereocenters. The zero-order valence-electron chi connectivity index (χ0n) is 27.5. The molecule has 0 bridgehead atoms. The molecule has 0 N–H and O–H groups in total. The molecule has 5 aromatic carbocycles. The number of hydrogen-bond acceptors (Lipinski definition) is 4. The predicted molar refractivity (Wildman–Crippen MR) is 200 cm³/mol. The number of rotatable bonds is 5. The van der Waals surface area contributed by atoms with Crippen molar-refractivity contribution in [3.63, 3.8) is 0 Å². The van der Waals surface area contributed by atoms with Crippen LogP contribution in [0.1, 0.15) is 42.5 Å². The van der Waals surface area contributed by atoms with Gasteiger partial charge in [0, 0.05) is 39.3 Å². The molecule has 0 fully saturated rings. The Hall–Kier alpha value is -6.00. The Balaban J connectivity index is 1.18. The molecule has 49 heavy (non-hydrogen) atoms. The van der Waals surface area contributed by atoms with Crippen molar-refractivity contribution in [2.24, 2.45) is 10.9 Å². The van der Waals surface area contributed by atoms with Gasteiger partial charge in [-0.3, -0.25) is 4.99 Å². The molecule has 1 aliphatic heterocycles. The number of benzene rings is 5. The largest absolute Gasteiger partial charge is 0.252 e. The van der Waals surface area contributed by atoms with E-state index in [4.69, 9.17) is 19.9 Å². The molecule has 3 aliphatic rings. The van der Waals surface area contributed by atoms with Crippen molar-refractivity contribution in [2.75, 3.05) is 0 Å². The van der Waals surface area contributed by atoms with Crippen LogP contribution in [0.25, 0.3) is 45.3 Å². The van der Waals surface area contributed by atoms with Crippen LogP contribution in [-0.2, 0) is 5.41 Å². The maximum Gasteiger partial charge on any atom is 0.164 e. The van der Waals surface area contributed by atoms with E-state index >= 15 is 0 Å². The molecule has 4 heteroatoms. The predicted octanol–water partition coefficient (Wildman–Crippen LogP) is 10.4. The highest BCUT2D eigenvalue weighted by Crippen LogP contribution is 2.55. The average Bonchev–Trinajstić information content (AvgIpc) is 3.39. The molecule has 6 aromatic rings. The van der Waals surface area contributed by atoms with Crippen LogP contribution in [0, 0.1) is 5.92 Å². The molecule has 1 aromatic heterocycles. The molecule has 4 nitrogen and oxygen atoms in total. The monoisotopic (exact) mass is 630 g/mol. The first-order valence-electron chi connectivity index (χ1n) is 16.9. The highest BCUT2D eigenvalue weighted by molar-refractivity contribution is 6.14. The Kier molecular flexibility index (Phi) is 6.91. The van der Waals surface area contributed by atoms with Crippen LogP contribution in [0.4, 0.5) is 0 Å². The topological polar surface area (TPSA) is 51.0 Å². The van der Waals surface area contributed by atoms with Gasteiger partial charge in [0.1, 0.15) is 0 Å². The van der Waals surface area contributed by atoms with Gasteiger partial charge in [-0.25, -0.2) is 15.0 Å². The molecule has 9 rings (SSSR count). The smallest absolute Gasteiger partial charge is 0.164 e. The van der Waals surface area contributed by atoms with Crippen LogP contribution in [0.15, 0.2) is 168 Å². The Morgan fingerprint density at radius 2 is 1.06 bits per heavy atom. The van der Waals surface area contributed by atoms with Gasteiger partial charge in [0.05, 0.1) is 5.71 Å². The maximum absolute atomic E-state index is 5.34. The highest BCUT2D eigenvalue weighted by Gasteiger charge is 2.42. The number of dihydropyridines is 1. The van der Waals surface area contributed by atoms with Gasteiger partial charge in [-0.2, -0.15) is 0 Å². The van der Waals surface area contributed by atoms with Gasteiger partial charge in [-0.15, -0.1) is 0 Å². The summed E-state index contributed by atoms with van der Waals surface area (Å²) in [7, 11) is 0. The van der Waals surface area contributed by atoms with Crippen LogP contribution < -0.4 is 0 Å². The molecule has 0 radical (unpaired) electrons. The zero-order valence-corrected chi connectivity index (χ0v) is 27.5. The quantitative estimate of drug-likeness (QED) is 0.190. The second-order valence-corrected chi connectivity index (χ2v) is 13.5. The molecular weight excluding hydrogens is 597 g/mol. The molecule has 0 spiro atoms. The van der Waals surface area contributed by atoms with Crippen molar-refractivity contribution < 1.29 is 0 Å².